The van der Waals surface area contributed by atoms with Crippen molar-refractivity contribution in [1.29, 1.82) is 0 Å². The van der Waals surface area contributed by atoms with Gasteiger partial charge in [-0.1, -0.05) is 6.07 Å². The number of pyridine rings is 1. The van der Waals surface area contributed by atoms with Crippen LogP contribution in [0.25, 0.3) is 10.9 Å². The van der Waals surface area contributed by atoms with Gasteiger partial charge in [0, 0.05) is 69.8 Å². The molecule has 0 aliphatic carbocycles. The molecular weight excluding hydrogens is 607 g/mol. The topological polar surface area (TPSA) is 120 Å². The van der Waals surface area contributed by atoms with Crippen LogP contribution in [0.2, 0.25) is 0 Å². The number of hydrogen-bond acceptors (Lipinski definition) is 9. The lowest BCUT2D eigenvalue weighted by Crippen LogP contribution is -2.52. The molecule has 12 heteroatoms. The van der Waals surface area contributed by atoms with Gasteiger partial charge in [-0.3, -0.25) is 24.6 Å². The molecule has 248 valence electrons. The average Bonchev–Trinajstić information content (AvgIpc) is 3.59. The fourth-order valence-electron chi connectivity index (χ4n) is 7.13. The van der Waals surface area contributed by atoms with Gasteiger partial charge in [-0.2, -0.15) is 0 Å². The minimum atomic E-state index is -0.666. The molecule has 7 rings (SSSR count). The number of aromatic nitrogens is 1. The van der Waals surface area contributed by atoms with Crippen molar-refractivity contribution < 1.29 is 37.7 Å². The van der Waals surface area contributed by atoms with Crippen molar-refractivity contribution >= 4 is 28.6 Å². The summed E-state index contributed by atoms with van der Waals surface area (Å²) in [6.45, 7) is 4.40. The summed E-state index contributed by atoms with van der Waals surface area (Å²) in [5.74, 6) is -0.608. The van der Waals surface area contributed by atoms with Crippen LogP contribution in [0.5, 0.6) is 5.75 Å². The van der Waals surface area contributed by atoms with Crippen molar-refractivity contribution in [1.82, 2.24) is 20.1 Å². The molecule has 4 aliphatic rings. The van der Waals surface area contributed by atoms with Crippen LogP contribution in [0.4, 0.5) is 4.39 Å². The zero-order valence-electron chi connectivity index (χ0n) is 26.4. The van der Waals surface area contributed by atoms with Gasteiger partial charge in [-0.25, -0.2) is 9.37 Å². The van der Waals surface area contributed by atoms with Crippen LogP contribution < -0.4 is 10.1 Å². The van der Waals surface area contributed by atoms with Crippen molar-refractivity contribution in [2.45, 2.75) is 63.6 Å². The van der Waals surface area contributed by atoms with Crippen LogP contribution in [-0.2, 0) is 43.5 Å². The third-order valence-corrected chi connectivity index (χ3v) is 9.52. The number of fused-ring (bicyclic) bond motifs is 2. The first-order chi connectivity index (χ1) is 22.8. The molecule has 3 atom stereocenters. The number of likely N-dealkylation sites (tertiary alicyclic amines) is 1. The van der Waals surface area contributed by atoms with Gasteiger partial charge in [0.15, 0.2) is 0 Å². The molecule has 2 aromatic carbocycles. The van der Waals surface area contributed by atoms with E-state index in [1.807, 2.05) is 24.3 Å². The number of nitrogens with one attached hydrogen (secondary N) is 1. The number of methoxy groups -OCH3 is 1. The van der Waals surface area contributed by atoms with Crippen molar-refractivity contribution in [2.75, 3.05) is 40.0 Å². The van der Waals surface area contributed by atoms with Gasteiger partial charge in [0.1, 0.15) is 29.2 Å². The van der Waals surface area contributed by atoms with Gasteiger partial charge in [0.05, 0.1) is 25.0 Å². The summed E-state index contributed by atoms with van der Waals surface area (Å²) in [5, 5.41) is 3.08. The molecule has 0 spiro atoms. The maximum Gasteiger partial charge on any atom is 0.255 e. The molecule has 11 nitrogen and oxygen atoms in total. The van der Waals surface area contributed by atoms with E-state index in [9.17, 15) is 14.4 Å². The molecule has 47 heavy (non-hydrogen) atoms. The largest absolute Gasteiger partial charge is 0.489 e. The highest BCUT2D eigenvalue weighted by atomic mass is 19.1. The fourth-order valence-corrected chi connectivity index (χ4v) is 7.13. The Kier molecular flexibility index (Phi) is 9.17. The lowest BCUT2D eigenvalue weighted by atomic mass is 10.0. The molecule has 0 radical (unpaired) electrons. The van der Waals surface area contributed by atoms with Gasteiger partial charge in [-0.05, 0) is 66.8 Å². The number of nitrogens with zero attached hydrogens (tertiary/aromatic N) is 3. The third kappa shape index (κ3) is 6.87. The smallest absolute Gasteiger partial charge is 0.255 e. The Bertz CT molecular complexity index is 1680. The lowest BCUT2D eigenvalue weighted by molar-refractivity contribution is -0.136. The van der Waals surface area contributed by atoms with Gasteiger partial charge < -0.3 is 23.8 Å². The summed E-state index contributed by atoms with van der Waals surface area (Å²) in [7, 11) is 1.67. The molecular formula is C35H39FN4O7. The van der Waals surface area contributed by atoms with E-state index in [0.717, 1.165) is 29.4 Å². The highest BCUT2D eigenvalue weighted by molar-refractivity contribution is 6.05. The molecule has 5 heterocycles. The summed E-state index contributed by atoms with van der Waals surface area (Å²) in [6, 6.07) is 12.1. The van der Waals surface area contributed by atoms with E-state index in [0.29, 0.717) is 75.0 Å². The van der Waals surface area contributed by atoms with E-state index < -0.39 is 11.9 Å². The molecule has 3 fully saturated rings. The van der Waals surface area contributed by atoms with Crippen LogP contribution in [0.1, 0.15) is 52.9 Å². The van der Waals surface area contributed by atoms with Crippen LogP contribution in [0, 0.1) is 11.7 Å². The van der Waals surface area contributed by atoms with Gasteiger partial charge in [-0.15, -0.1) is 0 Å². The van der Waals surface area contributed by atoms with E-state index in [1.165, 1.54) is 4.90 Å². The number of rotatable bonds is 10. The van der Waals surface area contributed by atoms with Crippen LogP contribution >= 0.6 is 0 Å². The quantitative estimate of drug-likeness (QED) is 0.331. The summed E-state index contributed by atoms with van der Waals surface area (Å²) in [6.07, 6.45) is 2.21. The van der Waals surface area contributed by atoms with E-state index in [2.05, 4.69) is 15.2 Å². The Balaban J connectivity index is 0.997. The monoisotopic (exact) mass is 646 g/mol. The van der Waals surface area contributed by atoms with Crippen LogP contribution in [0.15, 0.2) is 42.5 Å². The Labute approximate surface area is 272 Å². The van der Waals surface area contributed by atoms with Crippen LogP contribution in [-0.4, -0.2) is 90.8 Å². The molecule has 0 unspecified atom stereocenters. The molecule has 3 amide bonds. The highest BCUT2D eigenvalue weighted by Gasteiger charge is 2.40. The molecule has 3 aromatic rings. The SMILES string of the molecule is COC[C@@H]1CN(Cc2cc(F)c3nc(COC4CCOCC4)ccc3c2)C[C@H]1Oc1ccc2c(c1)CN([C@H]1CCC(=O)NC1=O)C2=O. The first-order valence-electron chi connectivity index (χ1n) is 16.3. The zero-order chi connectivity index (χ0) is 32.5. The maximum atomic E-state index is 15.3. The van der Waals surface area contributed by atoms with Gasteiger partial charge in [0.2, 0.25) is 11.8 Å². The number of ether oxygens (including phenoxy) is 4. The summed E-state index contributed by atoms with van der Waals surface area (Å²) in [5.41, 5.74) is 3.22. The van der Waals surface area contributed by atoms with Gasteiger partial charge >= 0.3 is 0 Å². The van der Waals surface area contributed by atoms with Crippen molar-refractivity contribution in [3.05, 3.63) is 70.7 Å². The molecule has 3 saturated heterocycles. The van der Waals surface area contributed by atoms with Crippen molar-refractivity contribution in [3.63, 3.8) is 0 Å². The first-order valence-corrected chi connectivity index (χ1v) is 16.3. The van der Waals surface area contributed by atoms with E-state index in [1.54, 1.807) is 25.3 Å². The molecule has 0 saturated carbocycles. The second-order valence-corrected chi connectivity index (χ2v) is 12.9. The summed E-state index contributed by atoms with van der Waals surface area (Å²) in [4.78, 5) is 45.4. The number of halogens is 1. The van der Waals surface area contributed by atoms with Gasteiger partial charge in [0.25, 0.3) is 5.91 Å². The maximum absolute atomic E-state index is 15.3. The first kappa shape index (κ1) is 31.6. The second kappa shape index (κ2) is 13.6. The molecule has 0 bridgehead atoms. The Morgan fingerprint density at radius 1 is 1.04 bits per heavy atom. The molecule has 1 aromatic heterocycles. The number of hydrogen-bond donors (Lipinski definition) is 1. The lowest BCUT2D eigenvalue weighted by Gasteiger charge is -2.29. The van der Waals surface area contributed by atoms with E-state index in [4.69, 9.17) is 18.9 Å². The highest BCUT2D eigenvalue weighted by Crippen LogP contribution is 2.32. The van der Waals surface area contributed by atoms with Crippen molar-refractivity contribution in [2.24, 2.45) is 5.92 Å². The Hall–Kier alpha value is -3.97. The number of amides is 3. The van der Waals surface area contributed by atoms with Crippen molar-refractivity contribution in [3.8, 4) is 5.75 Å². The summed E-state index contributed by atoms with van der Waals surface area (Å²) < 4.78 is 38.7. The second-order valence-electron chi connectivity index (χ2n) is 12.9. The zero-order valence-corrected chi connectivity index (χ0v) is 26.4. The van der Waals surface area contributed by atoms with E-state index in [-0.39, 0.29) is 48.7 Å². The number of carbonyl (C=O) groups is 3. The number of imide groups is 1. The van der Waals surface area contributed by atoms with Crippen LogP contribution in [0.3, 0.4) is 0 Å². The standard InChI is InChI=1S/C35H39FN4O7/c1-44-19-24-16-39(15-21-12-22-2-3-25(37-33(22)29(36)13-21)20-46-26-8-10-45-11-9-26)18-31(24)47-27-4-5-28-23(14-27)17-40(35(28)43)30-6-7-32(41)38-34(30)42/h2-5,12-14,24,26,30-31H,6-11,15-20H2,1H3,(H,38,41,42)/t24-,30-,31+/m0/s1. The Morgan fingerprint density at radius 3 is 2.70 bits per heavy atom. The predicted molar refractivity (Wildman–Crippen MR) is 168 cm³/mol. The third-order valence-electron chi connectivity index (χ3n) is 9.52. The predicted octanol–water partition coefficient (Wildman–Crippen LogP) is 3.36. The summed E-state index contributed by atoms with van der Waals surface area (Å²) >= 11 is 0. The minimum Gasteiger partial charge on any atom is -0.489 e. The fraction of sp³-hybridized carbons (Fsp3) is 0.486. The average molecular weight is 647 g/mol. The number of carbonyl (C=O) groups excluding carboxylic acids is 3. The van der Waals surface area contributed by atoms with E-state index >= 15 is 4.39 Å². The molecule has 4 aliphatic heterocycles. The number of piperidine rings is 1. The number of benzene rings is 2. The Morgan fingerprint density at radius 2 is 1.89 bits per heavy atom. The normalized spacial score (nSPS) is 23.8. The molecule has 1 N–H and O–H groups in total. The minimum absolute atomic E-state index is 0.0834.